The number of rotatable bonds is 5. The lowest BCUT2D eigenvalue weighted by Gasteiger charge is -2.07. The minimum absolute atomic E-state index is 0.792. The number of nitrogens with one attached hydrogen (secondary N) is 2. The minimum Gasteiger partial charge on any atom is -0.345 e. The minimum atomic E-state index is 0.792. The summed E-state index contributed by atoms with van der Waals surface area (Å²) < 4.78 is 0. The Morgan fingerprint density at radius 2 is 2.18 bits per heavy atom. The number of imidazole rings is 1. The van der Waals surface area contributed by atoms with Crippen LogP contribution in [0.2, 0.25) is 0 Å². The van der Waals surface area contributed by atoms with Gasteiger partial charge in [-0.25, -0.2) is 4.98 Å². The smallest absolute Gasteiger partial charge is 0.103 e. The molecule has 0 aliphatic carbocycles. The van der Waals surface area contributed by atoms with E-state index in [1.54, 1.807) is 0 Å². The van der Waals surface area contributed by atoms with Gasteiger partial charge in [0.1, 0.15) is 5.82 Å². The van der Waals surface area contributed by atoms with Gasteiger partial charge >= 0.3 is 0 Å². The number of hydrogen-bond acceptors (Lipinski definition) is 3. The molecule has 2 N–H and O–H groups in total. The highest BCUT2D eigenvalue weighted by molar-refractivity contribution is 5.19. The SMILES string of the molecule is CCc1cccnc1CNCc1cnc(C)[nH]1. The van der Waals surface area contributed by atoms with E-state index in [-0.39, 0.29) is 0 Å². The molecule has 0 aliphatic heterocycles. The molecule has 0 unspecified atom stereocenters. The summed E-state index contributed by atoms with van der Waals surface area (Å²) in [6.07, 6.45) is 4.73. The molecule has 0 amide bonds. The molecule has 0 saturated heterocycles. The largest absolute Gasteiger partial charge is 0.345 e. The number of nitrogens with zero attached hydrogens (tertiary/aromatic N) is 2. The van der Waals surface area contributed by atoms with Crippen LogP contribution in [0.25, 0.3) is 0 Å². The highest BCUT2D eigenvalue weighted by Gasteiger charge is 2.01. The normalized spacial score (nSPS) is 10.7. The fraction of sp³-hybridized carbons (Fsp3) is 0.385. The van der Waals surface area contributed by atoms with Crippen LogP contribution >= 0.6 is 0 Å². The summed E-state index contributed by atoms with van der Waals surface area (Å²) in [6.45, 7) is 5.69. The third-order valence-electron chi connectivity index (χ3n) is 2.73. The van der Waals surface area contributed by atoms with Crippen molar-refractivity contribution in [2.24, 2.45) is 0 Å². The third-order valence-corrected chi connectivity index (χ3v) is 2.73. The fourth-order valence-corrected chi connectivity index (χ4v) is 1.83. The van der Waals surface area contributed by atoms with E-state index in [0.29, 0.717) is 0 Å². The summed E-state index contributed by atoms with van der Waals surface area (Å²) in [4.78, 5) is 11.8. The second-order valence-electron chi connectivity index (χ2n) is 4.06. The number of H-pyrrole nitrogens is 1. The molecule has 0 fully saturated rings. The van der Waals surface area contributed by atoms with Gasteiger partial charge in [0.05, 0.1) is 5.69 Å². The molecule has 2 aromatic rings. The molecule has 4 nitrogen and oxygen atoms in total. The summed E-state index contributed by atoms with van der Waals surface area (Å²) >= 11 is 0. The number of pyridine rings is 1. The zero-order valence-corrected chi connectivity index (χ0v) is 10.3. The predicted octanol–water partition coefficient (Wildman–Crippen LogP) is 1.97. The van der Waals surface area contributed by atoms with E-state index < -0.39 is 0 Å². The Balaban J connectivity index is 1.89. The van der Waals surface area contributed by atoms with E-state index in [4.69, 9.17) is 0 Å². The van der Waals surface area contributed by atoms with E-state index >= 15 is 0 Å². The molecular weight excluding hydrogens is 212 g/mol. The Labute approximate surface area is 102 Å². The number of aryl methyl sites for hydroxylation is 2. The van der Waals surface area contributed by atoms with Crippen molar-refractivity contribution in [2.45, 2.75) is 33.4 Å². The lowest BCUT2D eigenvalue weighted by molar-refractivity contribution is 0.663. The molecule has 4 heteroatoms. The Bertz CT molecular complexity index is 476. The molecule has 0 bridgehead atoms. The van der Waals surface area contributed by atoms with Crippen LogP contribution in [0.3, 0.4) is 0 Å². The van der Waals surface area contributed by atoms with Crippen molar-refractivity contribution in [2.75, 3.05) is 0 Å². The van der Waals surface area contributed by atoms with Crippen LogP contribution in [0.1, 0.15) is 29.7 Å². The zero-order valence-electron chi connectivity index (χ0n) is 10.3. The van der Waals surface area contributed by atoms with E-state index in [1.807, 2.05) is 25.4 Å². The van der Waals surface area contributed by atoms with Gasteiger partial charge in [0.2, 0.25) is 0 Å². The average Bonchev–Trinajstić information content (AvgIpc) is 2.76. The van der Waals surface area contributed by atoms with Crippen LogP contribution < -0.4 is 5.32 Å². The van der Waals surface area contributed by atoms with Crippen molar-refractivity contribution in [3.8, 4) is 0 Å². The first-order valence-corrected chi connectivity index (χ1v) is 5.93. The quantitative estimate of drug-likeness (QED) is 0.825. The fourth-order valence-electron chi connectivity index (χ4n) is 1.83. The third kappa shape index (κ3) is 3.14. The van der Waals surface area contributed by atoms with Crippen molar-refractivity contribution in [3.63, 3.8) is 0 Å². The second kappa shape index (κ2) is 5.59. The maximum Gasteiger partial charge on any atom is 0.103 e. The first-order chi connectivity index (χ1) is 8.29. The summed E-state index contributed by atoms with van der Waals surface area (Å²) in [7, 11) is 0. The summed E-state index contributed by atoms with van der Waals surface area (Å²) in [6, 6.07) is 4.12. The van der Waals surface area contributed by atoms with Crippen LogP contribution in [0.5, 0.6) is 0 Å². The van der Waals surface area contributed by atoms with Crippen molar-refractivity contribution in [1.82, 2.24) is 20.3 Å². The van der Waals surface area contributed by atoms with Crippen molar-refractivity contribution < 1.29 is 0 Å². The van der Waals surface area contributed by atoms with Gasteiger partial charge in [-0.2, -0.15) is 0 Å². The Morgan fingerprint density at radius 3 is 2.88 bits per heavy atom. The first-order valence-electron chi connectivity index (χ1n) is 5.93. The molecule has 0 aromatic carbocycles. The summed E-state index contributed by atoms with van der Waals surface area (Å²) in [5, 5.41) is 3.37. The maximum atomic E-state index is 4.40. The lowest BCUT2D eigenvalue weighted by atomic mass is 10.1. The molecule has 0 aliphatic rings. The van der Waals surface area contributed by atoms with Crippen LogP contribution in [0, 0.1) is 6.92 Å². The van der Waals surface area contributed by atoms with Gasteiger partial charge in [0.15, 0.2) is 0 Å². The van der Waals surface area contributed by atoms with Crippen molar-refractivity contribution >= 4 is 0 Å². The highest BCUT2D eigenvalue weighted by atomic mass is 15.0. The van der Waals surface area contributed by atoms with Crippen molar-refractivity contribution in [1.29, 1.82) is 0 Å². The molecule has 17 heavy (non-hydrogen) atoms. The number of aromatic amines is 1. The standard InChI is InChI=1S/C13H18N4/c1-3-11-5-4-6-15-13(11)9-14-7-12-8-16-10(2)17-12/h4-6,8,14H,3,7,9H2,1-2H3,(H,16,17). The predicted molar refractivity (Wildman–Crippen MR) is 67.5 cm³/mol. The molecule has 2 heterocycles. The first kappa shape index (κ1) is 11.8. The van der Waals surface area contributed by atoms with E-state index in [0.717, 1.165) is 36.7 Å². The number of aromatic nitrogens is 3. The second-order valence-corrected chi connectivity index (χ2v) is 4.06. The van der Waals surface area contributed by atoms with Crippen LogP contribution in [0.4, 0.5) is 0 Å². The molecule has 0 atom stereocenters. The zero-order chi connectivity index (χ0) is 12.1. The molecule has 2 aromatic heterocycles. The molecule has 90 valence electrons. The van der Waals surface area contributed by atoms with Gasteiger partial charge in [0, 0.05) is 31.2 Å². The number of hydrogen-bond donors (Lipinski definition) is 2. The van der Waals surface area contributed by atoms with Gasteiger partial charge in [-0.3, -0.25) is 4.98 Å². The molecule has 0 radical (unpaired) electrons. The average molecular weight is 230 g/mol. The van der Waals surface area contributed by atoms with Gasteiger partial charge in [-0.15, -0.1) is 0 Å². The lowest BCUT2D eigenvalue weighted by Crippen LogP contribution is -2.15. The topological polar surface area (TPSA) is 53.6 Å². The monoisotopic (exact) mass is 230 g/mol. The highest BCUT2D eigenvalue weighted by Crippen LogP contribution is 2.06. The van der Waals surface area contributed by atoms with Gasteiger partial charge in [0.25, 0.3) is 0 Å². The Kier molecular flexibility index (Phi) is 3.88. The van der Waals surface area contributed by atoms with Gasteiger partial charge in [-0.05, 0) is 25.0 Å². The van der Waals surface area contributed by atoms with Gasteiger partial charge in [-0.1, -0.05) is 13.0 Å². The van der Waals surface area contributed by atoms with Gasteiger partial charge < -0.3 is 10.3 Å². The van der Waals surface area contributed by atoms with Crippen LogP contribution in [-0.2, 0) is 19.5 Å². The van der Waals surface area contributed by atoms with E-state index in [1.165, 1.54) is 5.56 Å². The Hall–Kier alpha value is -1.68. The van der Waals surface area contributed by atoms with E-state index in [2.05, 4.69) is 33.3 Å². The maximum absolute atomic E-state index is 4.40. The Morgan fingerprint density at radius 1 is 1.29 bits per heavy atom. The molecule has 0 saturated carbocycles. The van der Waals surface area contributed by atoms with Crippen LogP contribution in [-0.4, -0.2) is 15.0 Å². The molecule has 0 spiro atoms. The van der Waals surface area contributed by atoms with Crippen LogP contribution in [0.15, 0.2) is 24.5 Å². The molecule has 2 rings (SSSR count). The summed E-state index contributed by atoms with van der Waals surface area (Å²) in [5.41, 5.74) is 3.54. The molecular formula is C13H18N4. The van der Waals surface area contributed by atoms with Crippen molar-refractivity contribution in [3.05, 3.63) is 47.3 Å². The van der Waals surface area contributed by atoms with E-state index in [9.17, 15) is 0 Å². The summed E-state index contributed by atoms with van der Waals surface area (Å²) in [5.74, 6) is 0.953.